The zero-order chi connectivity index (χ0) is 14.2. The van der Waals surface area contributed by atoms with Gasteiger partial charge in [-0.25, -0.2) is 0 Å². The number of nitrogens with zero attached hydrogens (tertiary/aromatic N) is 3. The molecule has 1 saturated heterocycles. The van der Waals surface area contributed by atoms with Gasteiger partial charge in [-0.2, -0.15) is 5.10 Å². The van der Waals surface area contributed by atoms with E-state index in [-0.39, 0.29) is 11.9 Å². The van der Waals surface area contributed by atoms with Crippen LogP contribution in [0.2, 0.25) is 0 Å². The lowest BCUT2D eigenvalue weighted by Gasteiger charge is -2.26. The highest BCUT2D eigenvalue weighted by atomic mass is 16.5. The Bertz CT molecular complexity index is 388. The van der Waals surface area contributed by atoms with Gasteiger partial charge in [0.2, 0.25) is 5.91 Å². The lowest BCUT2D eigenvalue weighted by Crippen LogP contribution is -2.39. The minimum atomic E-state index is -0.201. The van der Waals surface area contributed by atoms with Gasteiger partial charge in [0.25, 0.3) is 0 Å². The zero-order valence-corrected chi connectivity index (χ0v) is 12.1. The molecule has 1 aromatic heterocycles. The maximum Gasteiger partial charge on any atom is 0.244 e. The SMILES string of the molecule is CC[C@@H](C(=O)NCCCN1CCOCC1)n1cccn1. The molecule has 0 aromatic carbocycles. The summed E-state index contributed by atoms with van der Waals surface area (Å²) in [4.78, 5) is 14.5. The zero-order valence-electron chi connectivity index (χ0n) is 12.1. The molecule has 0 radical (unpaired) electrons. The van der Waals surface area contributed by atoms with E-state index in [9.17, 15) is 4.79 Å². The minimum absolute atomic E-state index is 0.0539. The van der Waals surface area contributed by atoms with Crippen molar-refractivity contribution in [1.82, 2.24) is 20.0 Å². The summed E-state index contributed by atoms with van der Waals surface area (Å²) in [5, 5.41) is 7.15. The number of hydrogen-bond acceptors (Lipinski definition) is 4. The fourth-order valence-corrected chi connectivity index (χ4v) is 2.41. The monoisotopic (exact) mass is 280 g/mol. The van der Waals surface area contributed by atoms with Crippen molar-refractivity contribution in [3.63, 3.8) is 0 Å². The quantitative estimate of drug-likeness (QED) is 0.746. The standard InChI is InChI=1S/C14H24N4O2/c1-2-13(18-8-4-6-16-18)14(19)15-5-3-7-17-9-11-20-12-10-17/h4,6,8,13H,2-3,5,7,9-12H2,1H3,(H,15,19)/t13-/m0/s1. The van der Waals surface area contributed by atoms with Crippen molar-refractivity contribution in [2.75, 3.05) is 39.4 Å². The van der Waals surface area contributed by atoms with Gasteiger partial charge < -0.3 is 10.1 Å². The van der Waals surface area contributed by atoms with Crippen LogP contribution >= 0.6 is 0 Å². The fourth-order valence-electron chi connectivity index (χ4n) is 2.41. The number of nitrogens with one attached hydrogen (secondary N) is 1. The van der Waals surface area contributed by atoms with Crippen molar-refractivity contribution in [3.8, 4) is 0 Å². The van der Waals surface area contributed by atoms with Gasteiger partial charge in [0, 0.05) is 32.0 Å². The predicted molar refractivity (Wildman–Crippen MR) is 76.4 cm³/mol. The van der Waals surface area contributed by atoms with E-state index in [1.54, 1.807) is 10.9 Å². The molecule has 1 aliphatic heterocycles. The fraction of sp³-hybridized carbons (Fsp3) is 0.714. The average Bonchev–Trinajstić information content (AvgIpc) is 2.99. The largest absolute Gasteiger partial charge is 0.379 e. The molecule has 6 nitrogen and oxygen atoms in total. The Morgan fingerprint density at radius 3 is 2.90 bits per heavy atom. The molecule has 112 valence electrons. The summed E-state index contributed by atoms with van der Waals surface area (Å²) in [7, 11) is 0. The molecule has 1 N–H and O–H groups in total. The van der Waals surface area contributed by atoms with Gasteiger partial charge in [-0.05, 0) is 25.5 Å². The van der Waals surface area contributed by atoms with Crippen molar-refractivity contribution >= 4 is 5.91 Å². The van der Waals surface area contributed by atoms with Gasteiger partial charge in [0.1, 0.15) is 6.04 Å². The second kappa shape index (κ2) is 8.01. The molecule has 1 fully saturated rings. The highest BCUT2D eigenvalue weighted by molar-refractivity contribution is 5.80. The van der Waals surface area contributed by atoms with Crippen LogP contribution < -0.4 is 5.32 Å². The van der Waals surface area contributed by atoms with Crippen molar-refractivity contribution in [2.45, 2.75) is 25.8 Å². The molecule has 0 aliphatic carbocycles. The van der Waals surface area contributed by atoms with E-state index in [0.29, 0.717) is 6.54 Å². The van der Waals surface area contributed by atoms with E-state index < -0.39 is 0 Å². The van der Waals surface area contributed by atoms with Gasteiger partial charge >= 0.3 is 0 Å². The van der Waals surface area contributed by atoms with Crippen molar-refractivity contribution in [1.29, 1.82) is 0 Å². The summed E-state index contributed by atoms with van der Waals surface area (Å²) >= 11 is 0. The number of carbonyl (C=O) groups is 1. The summed E-state index contributed by atoms with van der Waals surface area (Å²) in [5.74, 6) is 0.0539. The summed E-state index contributed by atoms with van der Waals surface area (Å²) < 4.78 is 7.03. The van der Waals surface area contributed by atoms with E-state index >= 15 is 0 Å². The Morgan fingerprint density at radius 2 is 2.25 bits per heavy atom. The number of carbonyl (C=O) groups excluding carboxylic acids is 1. The molecule has 0 saturated carbocycles. The number of amides is 1. The second-order valence-electron chi connectivity index (χ2n) is 5.01. The summed E-state index contributed by atoms with van der Waals surface area (Å²) in [6.45, 7) is 7.38. The van der Waals surface area contributed by atoms with Crippen LogP contribution in [0, 0.1) is 0 Å². The molecule has 1 amide bonds. The van der Waals surface area contributed by atoms with E-state index in [1.165, 1.54) is 0 Å². The van der Waals surface area contributed by atoms with Crippen LogP contribution in [0.25, 0.3) is 0 Å². The molecule has 0 bridgehead atoms. The number of rotatable bonds is 7. The first-order chi connectivity index (χ1) is 9.81. The van der Waals surface area contributed by atoms with Crippen LogP contribution in [0.5, 0.6) is 0 Å². The van der Waals surface area contributed by atoms with Gasteiger partial charge in [0.05, 0.1) is 13.2 Å². The van der Waals surface area contributed by atoms with E-state index in [0.717, 1.165) is 45.7 Å². The molecule has 0 unspecified atom stereocenters. The number of hydrogen-bond donors (Lipinski definition) is 1. The lowest BCUT2D eigenvalue weighted by atomic mass is 10.2. The normalized spacial score (nSPS) is 17.9. The summed E-state index contributed by atoms with van der Waals surface area (Å²) in [5.41, 5.74) is 0. The molecule has 20 heavy (non-hydrogen) atoms. The van der Waals surface area contributed by atoms with Crippen LogP contribution in [0.15, 0.2) is 18.5 Å². The Balaban J connectivity index is 1.66. The topological polar surface area (TPSA) is 59.4 Å². The number of aromatic nitrogens is 2. The molecular formula is C14H24N4O2. The first kappa shape index (κ1) is 15.0. The Kier molecular flexibility index (Phi) is 6.01. The van der Waals surface area contributed by atoms with Gasteiger partial charge in [-0.15, -0.1) is 0 Å². The molecule has 1 aliphatic rings. The van der Waals surface area contributed by atoms with Crippen LogP contribution in [-0.2, 0) is 9.53 Å². The highest BCUT2D eigenvalue weighted by Crippen LogP contribution is 2.09. The lowest BCUT2D eigenvalue weighted by molar-refractivity contribution is -0.124. The van der Waals surface area contributed by atoms with E-state index in [4.69, 9.17) is 4.74 Å². The average molecular weight is 280 g/mol. The first-order valence-corrected chi connectivity index (χ1v) is 7.38. The number of ether oxygens (including phenoxy) is 1. The Labute approximate surface area is 120 Å². The van der Waals surface area contributed by atoms with Crippen LogP contribution in [0.4, 0.5) is 0 Å². The first-order valence-electron chi connectivity index (χ1n) is 7.38. The van der Waals surface area contributed by atoms with Gasteiger partial charge in [-0.3, -0.25) is 14.4 Å². The van der Waals surface area contributed by atoms with Crippen LogP contribution in [-0.4, -0.2) is 60.0 Å². The Hall–Kier alpha value is -1.40. The maximum atomic E-state index is 12.1. The molecule has 1 aromatic rings. The molecular weight excluding hydrogens is 256 g/mol. The van der Waals surface area contributed by atoms with E-state index in [2.05, 4.69) is 15.3 Å². The molecule has 6 heteroatoms. The third-order valence-corrected chi connectivity index (χ3v) is 3.59. The van der Waals surface area contributed by atoms with E-state index in [1.807, 2.05) is 19.2 Å². The second-order valence-corrected chi connectivity index (χ2v) is 5.01. The molecule has 1 atom stereocenters. The number of morpholine rings is 1. The summed E-state index contributed by atoms with van der Waals surface area (Å²) in [6, 6.07) is 1.64. The van der Waals surface area contributed by atoms with Gasteiger partial charge in [0.15, 0.2) is 0 Å². The minimum Gasteiger partial charge on any atom is -0.379 e. The smallest absolute Gasteiger partial charge is 0.244 e. The Morgan fingerprint density at radius 1 is 1.45 bits per heavy atom. The molecule has 2 rings (SSSR count). The predicted octanol–water partition coefficient (Wildman–Crippen LogP) is 0.673. The molecule has 0 spiro atoms. The van der Waals surface area contributed by atoms with Crippen molar-refractivity contribution in [3.05, 3.63) is 18.5 Å². The highest BCUT2D eigenvalue weighted by Gasteiger charge is 2.18. The van der Waals surface area contributed by atoms with Crippen molar-refractivity contribution < 1.29 is 9.53 Å². The third kappa shape index (κ3) is 4.31. The maximum absolute atomic E-state index is 12.1. The van der Waals surface area contributed by atoms with Crippen molar-refractivity contribution in [2.24, 2.45) is 0 Å². The van der Waals surface area contributed by atoms with Crippen LogP contribution in [0.1, 0.15) is 25.8 Å². The molecule has 2 heterocycles. The summed E-state index contributed by atoms with van der Waals surface area (Å²) in [6.07, 6.45) is 5.26. The van der Waals surface area contributed by atoms with Gasteiger partial charge in [-0.1, -0.05) is 6.92 Å². The van der Waals surface area contributed by atoms with Crippen LogP contribution in [0.3, 0.4) is 0 Å². The third-order valence-electron chi connectivity index (χ3n) is 3.59.